The summed E-state index contributed by atoms with van der Waals surface area (Å²) in [6, 6.07) is 9.07. The van der Waals surface area contributed by atoms with E-state index in [2.05, 4.69) is 5.32 Å². The lowest BCUT2D eigenvalue weighted by Gasteiger charge is -2.15. The minimum absolute atomic E-state index is 0.144. The minimum Gasteiger partial charge on any atom is -0.339 e. The van der Waals surface area contributed by atoms with Gasteiger partial charge in [0.2, 0.25) is 0 Å². The molecule has 10 nitrogen and oxygen atoms in total. The number of likely N-dealkylation sites (tertiary alicyclic amines) is 1. The Morgan fingerprint density at radius 2 is 1.68 bits per heavy atom. The standard InChI is InChI=1S/C18H16N4O6/c23-17(15-7-6-14(21(25)26)11-16(15)22(27)28)19-13-5-3-4-12(10-13)18(24)20-8-1-2-9-20/h3-7,10-11H,1-2,8-9H2,(H,19,23). The number of rotatable bonds is 5. The van der Waals surface area contributed by atoms with Crippen LogP contribution in [0, 0.1) is 20.2 Å². The van der Waals surface area contributed by atoms with Gasteiger partial charge in [-0.3, -0.25) is 29.8 Å². The van der Waals surface area contributed by atoms with Crippen molar-refractivity contribution in [3.05, 3.63) is 73.8 Å². The van der Waals surface area contributed by atoms with Crippen LogP contribution in [0.5, 0.6) is 0 Å². The number of anilines is 1. The molecular weight excluding hydrogens is 368 g/mol. The molecule has 0 spiro atoms. The van der Waals surface area contributed by atoms with Gasteiger partial charge < -0.3 is 10.2 Å². The topological polar surface area (TPSA) is 136 Å². The van der Waals surface area contributed by atoms with Crippen molar-refractivity contribution in [3.63, 3.8) is 0 Å². The summed E-state index contributed by atoms with van der Waals surface area (Å²) in [4.78, 5) is 47.0. The van der Waals surface area contributed by atoms with Crippen LogP contribution in [0.4, 0.5) is 17.1 Å². The number of nitro benzene ring substituents is 2. The quantitative estimate of drug-likeness (QED) is 0.622. The molecule has 2 aromatic carbocycles. The van der Waals surface area contributed by atoms with Gasteiger partial charge in [-0.05, 0) is 37.1 Å². The zero-order valence-corrected chi connectivity index (χ0v) is 14.7. The Bertz CT molecular complexity index is 968. The Balaban J connectivity index is 1.83. The SMILES string of the molecule is O=C(Nc1cccc(C(=O)N2CCCC2)c1)c1ccc([N+](=O)[O-])cc1[N+](=O)[O-]. The first-order valence-corrected chi connectivity index (χ1v) is 8.50. The number of hydrogen-bond acceptors (Lipinski definition) is 6. The van der Waals surface area contributed by atoms with E-state index in [0.29, 0.717) is 24.3 Å². The van der Waals surface area contributed by atoms with Gasteiger partial charge in [-0.15, -0.1) is 0 Å². The highest BCUT2D eigenvalue weighted by Gasteiger charge is 2.25. The van der Waals surface area contributed by atoms with Gasteiger partial charge in [0.15, 0.2) is 0 Å². The molecule has 1 heterocycles. The molecule has 1 saturated heterocycles. The van der Waals surface area contributed by atoms with Crippen molar-refractivity contribution in [1.29, 1.82) is 0 Å². The summed E-state index contributed by atoms with van der Waals surface area (Å²) in [7, 11) is 0. The average Bonchev–Trinajstić information content (AvgIpc) is 3.21. The van der Waals surface area contributed by atoms with E-state index in [4.69, 9.17) is 0 Å². The number of nitrogens with zero attached hydrogens (tertiary/aromatic N) is 3. The summed E-state index contributed by atoms with van der Waals surface area (Å²) in [5.74, 6) is -0.942. The number of carbonyl (C=O) groups excluding carboxylic acids is 2. The van der Waals surface area contributed by atoms with Crippen molar-refractivity contribution in [2.75, 3.05) is 18.4 Å². The summed E-state index contributed by atoms with van der Waals surface area (Å²) in [6.45, 7) is 1.37. The maximum Gasteiger partial charge on any atom is 0.289 e. The van der Waals surface area contributed by atoms with Crippen LogP contribution >= 0.6 is 0 Å². The van der Waals surface area contributed by atoms with E-state index in [0.717, 1.165) is 31.0 Å². The summed E-state index contributed by atoms with van der Waals surface area (Å²) in [5.41, 5.74) is -0.773. The summed E-state index contributed by atoms with van der Waals surface area (Å²) in [6.07, 6.45) is 1.90. The van der Waals surface area contributed by atoms with E-state index < -0.39 is 27.1 Å². The molecule has 1 aliphatic rings. The van der Waals surface area contributed by atoms with Crippen LogP contribution in [0.25, 0.3) is 0 Å². The molecule has 144 valence electrons. The zero-order chi connectivity index (χ0) is 20.3. The number of nitro groups is 2. The van der Waals surface area contributed by atoms with Crippen LogP contribution in [0.15, 0.2) is 42.5 Å². The van der Waals surface area contributed by atoms with Gasteiger partial charge in [0.1, 0.15) is 5.56 Å². The van der Waals surface area contributed by atoms with Crippen LogP contribution < -0.4 is 5.32 Å². The Labute approximate surface area is 159 Å². The molecule has 0 aromatic heterocycles. The number of amides is 2. The summed E-state index contributed by atoms with van der Waals surface area (Å²) < 4.78 is 0. The van der Waals surface area contributed by atoms with Crippen LogP contribution in [0.3, 0.4) is 0 Å². The third-order valence-electron chi connectivity index (χ3n) is 4.39. The first-order valence-electron chi connectivity index (χ1n) is 8.50. The average molecular weight is 384 g/mol. The highest BCUT2D eigenvalue weighted by atomic mass is 16.6. The number of hydrogen-bond donors (Lipinski definition) is 1. The fourth-order valence-corrected chi connectivity index (χ4v) is 3.01. The van der Waals surface area contributed by atoms with E-state index in [-0.39, 0.29) is 11.5 Å². The second kappa shape index (κ2) is 7.82. The minimum atomic E-state index is -0.852. The zero-order valence-electron chi connectivity index (χ0n) is 14.7. The van der Waals surface area contributed by atoms with Gasteiger partial charge >= 0.3 is 0 Å². The Morgan fingerprint density at radius 3 is 2.32 bits per heavy atom. The molecule has 2 amide bonds. The van der Waals surface area contributed by atoms with Crippen molar-refractivity contribution in [3.8, 4) is 0 Å². The van der Waals surface area contributed by atoms with Crippen molar-refractivity contribution in [2.45, 2.75) is 12.8 Å². The third-order valence-corrected chi connectivity index (χ3v) is 4.39. The van der Waals surface area contributed by atoms with Crippen molar-refractivity contribution >= 4 is 28.9 Å². The van der Waals surface area contributed by atoms with Gasteiger partial charge in [-0.25, -0.2) is 0 Å². The Morgan fingerprint density at radius 1 is 0.964 bits per heavy atom. The molecule has 0 unspecified atom stereocenters. The maximum absolute atomic E-state index is 12.5. The fourth-order valence-electron chi connectivity index (χ4n) is 3.01. The molecule has 0 radical (unpaired) electrons. The van der Waals surface area contributed by atoms with E-state index in [1.54, 1.807) is 23.1 Å². The predicted octanol–water partition coefficient (Wildman–Crippen LogP) is 2.99. The molecule has 0 aliphatic carbocycles. The van der Waals surface area contributed by atoms with Crippen LogP contribution in [0.2, 0.25) is 0 Å². The first-order chi connectivity index (χ1) is 13.4. The van der Waals surface area contributed by atoms with Gasteiger partial charge in [0, 0.05) is 30.4 Å². The van der Waals surface area contributed by atoms with Gasteiger partial charge in [0.25, 0.3) is 23.2 Å². The van der Waals surface area contributed by atoms with Crippen LogP contribution in [0.1, 0.15) is 33.6 Å². The molecule has 3 rings (SSSR count). The largest absolute Gasteiger partial charge is 0.339 e. The normalized spacial score (nSPS) is 13.2. The molecule has 0 bridgehead atoms. The van der Waals surface area contributed by atoms with Crippen molar-refractivity contribution in [1.82, 2.24) is 4.90 Å². The summed E-state index contributed by atoms with van der Waals surface area (Å²) in [5, 5.41) is 24.5. The van der Waals surface area contributed by atoms with Gasteiger partial charge in [0.05, 0.1) is 15.9 Å². The molecule has 0 saturated carbocycles. The van der Waals surface area contributed by atoms with E-state index >= 15 is 0 Å². The smallest absolute Gasteiger partial charge is 0.289 e. The molecule has 28 heavy (non-hydrogen) atoms. The first kappa shape index (κ1) is 19.0. The molecule has 1 aliphatic heterocycles. The fraction of sp³-hybridized carbons (Fsp3) is 0.222. The molecule has 2 aromatic rings. The Kier molecular flexibility index (Phi) is 5.30. The lowest BCUT2D eigenvalue weighted by molar-refractivity contribution is -0.394. The molecule has 1 fully saturated rings. The summed E-state index contributed by atoms with van der Waals surface area (Å²) >= 11 is 0. The number of benzene rings is 2. The van der Waals surface area contributed by atoms with Gasteiger partial charge in [-0.2, -0.15) is 0 Å². The second-order valence-electron chi connectivity index (χ2n) is 6.25. The lowest BCUT2D eigenvalue weighted by Crippen LogP contribution is -2.27. The monoisotopic (exact) mass is 384 g/mol. The molecule has 1 N–H and O–H groups in total. The number of nitrogens with one attached hydrogen (secondary N) is 1. The number of non-ortho nitro benzene ring substituents is 1. The predicted molar refractivity (Wildman–Crippen MR) is 99.3 cm³/mol. The van der Waals surface area contributed by atoms with Crippen LogP contribution in [-0.2, 0) is 0 Å². The van der Waals surface area contributed by atoms with E-state index in [9.17, 15) is 29.8 Å². The molecular formula is C18H16N4O6. The third kappa shape index (κ3) is 3.95. The van der Waals surface area contributed by atoms with E-state index in [1.807, 2.05) is 0 Å². The van der Waals surface area contributed by atoms with Crippen molar-refractivity contribution < 1.29 is 19.4 Å². The Hall–Kier alpha value is -3.82. The van der Waals surface area contributed by atoms with Crippen LogP contribution in [-0.4, -0.2) is 39.7 Å². The highest BCUT2D eigenvalue weighted by molar-refractivity contribution is 6.07. The molecule has 0 atom stereocenters. The second-order valence-corrected chi connectivity index (χ2v) is 6.25. The maximum atomic E-state index is 12.5. The number of carbonyl (C=O) groups is 2. The molecule has 10 heteroatoms. The lowest BCUT2D eigenvalue weighted by atomic mass is 10.1. The van der Waals surface area contributed by atoms with Crippen molar-refractivity contribution in [2.24, 2.45) is 0 Å². The highest BCUT2D eigenvalue weighted by Crippen LogP contribution is 2.26. The van der Waals surface area contributed by atoms with E-state index in [1.165, 1.54) is 6.07 Å². The van der Waals surface area contributed by atoms with Gasteiger partial charge in [-0.1, -0.05) is 6.07 Å².